The molecule has 2 rings (SSSR count). The van der Waals surface area contributed by atoms with E-state index in [0.717, 1.165) is 51.4 Å². The molecule has 0 aromatic heterocycles. The number of alkyl halides is 2. The van der Waals surface area contributed by atoms with Crippen LogP contribution in [0.15, 0.2) is 0 Å². The molecule has 0 amide bonds. The van der Waals surface area contributed by atoms with Crippen LogP contribution < -0.4 is 0 Å². The van der Waals surface area contributed by atoms with E-state index in [-0.39, 0.29) is 36.2 Å². The molecule has 0 aliphatic heterocycles. The first-order chi connectivity index (χ1) is 13.7. The minimum Gasteiger partial charge on any atom is -0.376 e. The second-order valence-corrected chi connectivity index (χ2v) is 11.3. The molecule has 0 aromatic rings. The highest BCUT2D eigenvalue weighted by Gasteiger charge is 2.26. The average molecular weight is 475 g/mol. The number of phosphoric ester groups is 1. The third kappa shape index (κ3) is 11.2. The topological polar surface area (TPSA) is 74.2 Å². The van der Waals surface area contributed by atoms with Crippen molar-refractivity contribution in [2.75, 3.05) is 26.4 Å². The first-order valence-corrected chi connectivity index (χ1v) is 13.2. The van der Waals surface area contributed by atoms with Crippen molar-refractivity contribution in [1.29, 1.82) is 0 Å². The number of rotatable bonds is 12. The van der Waals surface area contributed by atoms with Crippen LogP contribution in [0.4, 0.5) is 0 Å². The standard InChI is InChI=1S/C20H37Cl2O6P/c1-15(25-13-17-3-7-19(21)8-4-17)11-27-29(23,24)28-12-16(2)26-14-18-5-9-20(22)10-6-18/h15-20H,3-14H2,1-2H3,(H,23,24). The van der Waals surface area contributed by atoms with Gasteiger partial charge in [0, 0.05) is 24.0 Å². The summed E-state index contributed by atoms with van der Waals surface area (Å²) in [4.78, 5) is 9.88. The number of halogens is 2. The monoisotopic (exact) mass is 474 g/mol. The van der Waals surface area contributed by atoms with Crippen LogP contribution in [0.25, 0.3) is 0 Å². The Morgan fingerprint density at radius 2 is 1.14 bits per heavy atom. The highest BCUT2D eigenvalue weighted by atomic mass is 35.5. The highest BCUT2D eigenvalue weighted by Crippen LogP contribution is 2.43. The van der Waals surface area contributed by atoms with Crippen LogP contribution in [0.1, 0.15) is 65.2 Å². The van der Waals surface area contributed by atoms with Gasteiger partial charge in [-0.1, -0.05) is 0 Å². The molecule has 29 heavy (non-hydrogen) atoms. The van der Waals surface area contributed by atoms with Gasteiger partial charge in [-0.2, -0.15) is 0 Å². The van der Waals surface area contributed by atoms with Crippen molar-refractivity contribution in [2.45, 2.75) is 88.2 Å². The lowest BCUT2D eigenvalue weighted by Gasteiger charge is -2.26. The van der Waals surface area contributed by atoms with E-state index in [1.165, 1.54) is 0 Å². The largest absolute Gasteiger partial charge is 0.472 e. The summed E-state index contributed by atoms with van der Waals surface area (Å²) in [7, 11) is -4.12. The fourth-order valence-corrected chi connectivity index (χ4v) is 5.08. The van der Waals surface area contributed by atoms with Crippen molar-refractivity contribution in [2.24, 2.45) is 11.8 Å². The molecule has 172 valence electrons. The molecule has 6 nitrogen and oxygen atoms in total. The maximum absolute atomic E-state index is 12.1. The Kier molecular flexibility index (Phi) is 11.8. The normalized spacial score (nSPS) is 32.4. The summed E-state index contributed by atoms with van der Waals surface area (Å²) in [5.74, 6) is 1.00. The van der Waals surface area contributed by atoms with Crippen molar-refractivity contribution < 1.29 is 28.0 Å². The van der Waals surface area contributed by atoms with Gasteiger partial charge in [-0.15, -0.1) is 23.2 Å². The zero-order valence-electron chi connectivity index (χ0n) is 17.6. The quantitative estimate of drug-likeness (QED) is 0.296. The Morgan fingerprint density at radius 1 is 0.793 bits per heavy atom. The first-order valence-electron chi connectivity index (χ1n) is 10.9. The van der Waals surface area contributed by atoms with Crippen LogP contribution in [0.5, 0.6) is 0 Å². The molecule has 0 bridgehead atoms. The lowest BCUT2D eigenvalue weighted by Crippen LogP contribution is -2.24. The summed E-state index contributed by atoms with van der Waals surface area (Å²) < 4.78 is 33.8. The van der Waals surface area contributed by atoms with E-state index >= 15 is 0 Å². The van der Waals surface area contributed by atoms with Crippen molar-refractivity contribution in [3.05, 3.63) is 0 Å². The molecular formula is C20H37Cl2O6P. The maximum Gasteiger partial charge on any atom is 0.472 e. The summed E-state index contributed by atoms with van der Waals surface area (Å²) in [6.07, 6.45) is 7.79. The van der Waals surface area contributed by atoms with Gasteiger partial charge in [0.15, 0.2) is 0 Å². The van der Waals surface area contributed by atoms with Crippen molar-refractivity contribution in [1.82, 2.24) is 0 Å². The lowest BCUT2D eigenvalue weighted by molar-refractivity contribution is -0.0171. The van der Waals surface area contributed by atoms with E-state index in [0.29, 0.717) is 25.0 Å². The Balaban J connectivity index is 1.54. The van der Waals surface area contributed by atoms with E-state index in [1.807, 2.05) is 13.8 Å². The second kappa shape index (κ2) is 13.2. The van der Waals surface area contributed by atoms with Gasteiger partial charge in [-0.25, -0.2) is 4.57 Å². The molecule has 9 heteroatoms. The number of hydrogen-bond donors (Lipinski definition) is 1. The van der Waals surface area contributed by atoms with Gasteiger partial charge in [-0.3, -0.25) is 9.05 Å². The molecule has 2 saturated carbocycles. The molecule has 0 radical (unpaired) electrons. The molecule has 2 unspecified atom stereocenters. The van der Waals surface area contributed by atoms with Crippen LogP contribution in [0.3, 0.4) is 0 Å². The third-order valence-electron chi connectivity index (χ3n) is 5.73. The highest BCUT2D eigenvalue weighted by molar-refractivity contribution is 7.47. The molecule has 2 fully saturated rings. The zero-order valence-corrected chi connectivity index (χ0v) is 20.0. The lowest BCUT2D eigenvalue weighted by atomic mass is 9.89. The smallest absolute Gasteiger partial charge is 0.376 e. The molecule has 1 N–H and O–H groups in total. The molecule has 2 aliphatic carbocycles. The Labute approximate surface area is 185 Å². The molecule has 0 heterocycles. The Morgan fingerprint density at radius 3 is 1.48 bits per heavy atom. The minimum atomic E-state index is -4.12. The summed E-state index contributed by atoms with van der Waals surface area (Å²) in [6, 6.07) is 0. The SMILES string of the molecule is CC(COP(=O)(O)OCC(C)OCC1CCC(Cl)CC1)OCC1CCC(Cl)CC1. The van der Waals surface area contributed by atoms with Crippen molar-refractivity contribution >= 4 is 31.0 Å². The fraction of sp³-hybridized carbons (Fsp3) is 1.00. The zero-order chi connectivity index (χ0) is 21.3. The number of hydrogen-bond acceptors (Lipinski definition) is 5. The van der Waals surface area contributed by atoms with Gasteiger partial charge in [-0.05, 0) is 77.0 Å². The van der Waals surface area contributed by atoms with Gasteiger partial charge in [0.25, 0.3) is 0 Å². The summed E-state index contributed by atoms with van der Waals surface area (Å²) in [5.41, 5.74) is 0. The Bertz CT molecular complexity index is 455. The van der Waals surface area contributed by atoms with Crippen LogP contribution in [0, 0.1) is 11.8 Å². The summed E-state index contributed by atoms with van der Waals surface area (Å²) in [5, 5.41) is 0.577. The van der Waals surface area contributed by atoms with Crippen molar-refractivity contribution in [3.8, 4) is 0 Å². The molecular weight excluding hydrogens is 438 g/mol. The first kappa shape index (κ1) is 25.9. The van der Waals surface area contributed by atoms with E-state index < -0.39 is 7.82 Å². The number of ether oxygens (including phenoxy) is 2. The van der Waals surface area contributed by atoms with Crippen LogP contribution in [-0.2, 0) is 23.1 Å². The Hall–Kier alpha value is 0.610. The molecule has 0 spiro atoms. The van der Waals surface area contributed by atoms with E-state index in [1.54, 1.807) is 0 Å². The van der Waals surface area contributed by atoms with Crippen molar-refractivity contribution in [3.63, 3.8) is 0 Å². The molecule has 2 aliphatic rings. The van der Waals surface area contributed by atoms with E-state index in [2.05, 4.69) is 0 Å². The predicted octanol–water partition coefficient (Wildman–Crippen LogP) is 5.53. The van der Waals surface area contributed by atoms with E-state index in [9.17, 15) is 9.46 Å². The van der Waals surface area contributed by atoms with Crippen LogP contribution >= 0.6 is 31.0 Å². The molecule has 2 atom stereocenters. The number of phosphoric acid groups is 1. The third-order valence-corrected chi connectivity index (χ3v) is 7.55. The summed E-state index contributed by atoms with van der Waals surface area (Å²) >= 11 is 12.2. The van der Waals surface area contributed by atoms with Gasteiger partial charge < -0.3 is 14.4 Å². The predicted molar refractivity (Wildman–Crippen MR) is 116 cm³/mol. The van der Waals surface area contributed by atoms with Crippen LogP contribution in [0.2, 0.25) is 0 Å². The van der Waals surface area contributed by atoms with Gasteiger partial charge in [0.05, 0.1) is 25.4 Å². The fourth-order valence-electron chi connectivity index (χ4n) is 3.71. The molecule has 0 saturated heterocycles. The second-order valence-electron chi connectivity index (χ2n) is 8.58. The summed E-state index contributed by atoms with van der Waals surface area (Å²) in [6.45, 7) is 4.93. The maximum atomic E-state index is 12.1. The van der Waals surface area contributed by atoms with Gasteiger partial charge >= 0.3 is 7.82 Å². The van der Waals surface area contributed by atoms with Gasteiger partial charge in [0.1, 0.15) is 0 Å². The molecule has 0 aromatic carbocycles. The average Bonchev–Trinajstić information content (AvgIpc) is 2.70. The minimum absolute atomic E-state index is 0.00946. The van der Waals surface area contributed by atoms with E-state index in [4.69, 9.17) is 41.7 Å². The van der Waals surface area contributed by atoms with Crippen LogP contribution in [-0.4, -0.2) is 54.3 Å². The van der Waals surface area contributed by atoms with Gasteiger partial charge in [0.2, 0.25) is 0 Å².